The number of nitro groups is 1. The number of ether oxygens (including phenoxy) is 1. The van der Waals surface area contributed by atoms with Crippen molar-refractivity contribution < 1.29 is 19.6 Å². The second-order valence-corrected chi connectivity index (χ2v) is 4.89. The second-order valence-electron chi connectivity index (χ2n) is 4.10. The Morgan fingerprint density at radius 2 is 1.95 bits per heavy atom. The summed E-state index contributed by atoms with van der Waals surface area (Å²) in [6, 6.07) is 10.8. The van der Waals surface area contributed by atoms with Crippen molar-refractivity contribution in [2.24, 2.45) is 0 Å². The molecule has 0 spiro atoms. The molecule has 0 aromatic heterocycles. The van der Waals surface area contributed by atoms with Crippen LogP contribution < -0.4 is 4.74 Å². The Morgan fingerprint density at radius 1 is 1.24 bits per heavy atom. The molecule has 108 valence electrons. The number of carboxylic acid groups (broad SMARTS) is 1. The summed E-state index contributed by atoms with van der Waals surface area (Å²) in [7, 11) is 0. The maximum Gasteiger partial charge on any atom is 0.339 e. The summed E-state index contributed by atoms with van der Waals surface area (Å²) in [6.07, 6.45) is 0. The number of para-hydroxylation sites is 1. The molecule has 0 heterocycles. The zero-order valence-corrected chi connectivity index (χ0v) is 12.2. The van der Waals surface area contributed by atoms with Crippen LogP contribution in [0.25, 0.3) is 0 Å². The van der Waals surface area contributed by atoms with Crippen LogP contribution in [0.15, 0.2) is 46.9 Å². The van der Waals surface area contributed by atoms with Gasteiger partial charge < -0.3 is 9.84 Å². The lowest BCUT2D eigenvalue weighted by Crippen LogP contribution is -2.04. The lowest BCUT2D eigenvalue weighted by atomic mass is 10.2. The highest BCUT2D eigenvalue weighted by Crippen LogP contribution is 2.29. The monoisotopic (exact) mass is 351 g/mol. The van der Waals surface area contributed by atoms with E-state index in [0.717, 1.165) is 0 Å². The molecule has 2 aromatic rings. The van der Waals surface area contributed by atoms with Gasteiger partial charge in [-0.25, -0.2) is 4.79 Å². The maximum absolute atomic E-state index is 11.1. The summed E-state index contributed by atoms with van der Waals surface area (Å²) in [6.45, 7) is 0.0204. The van der Waals surface area contributed by atoms with Crippen LogP contribution in [0.4, 0.5) is 5.69 Å². The molecular weight excluding hydrogens is 342 g/mol. The third kappa shape index (κ3) is 3.38. The largest absolute Gasteiger partial charge is 0.488 e. The molecule has 0 aliphatic heterocycles. The standard InChI is InChI=1S/C14H10BrNO5/c15-13-9(4-3-6-11(13)16(19)20)8-21-12-7-2-1-5-10(12)14(17)18/h1-7H,8H2,(H,17,18). The van der Waals surface area contributed by atoms with Gasteiger partial charge in [-0.3, -0.25) is 10.1 Å². The molecule has 0 amide bonds. The number of hydrogen-bond acceptors (Lipinski definition) is 4. The summed E-state index contributed by atoms with van der Waals surface area (Å²) in [5.74, 6) is -0.882. The van der Waals surface area contributed by atoms with Crippen LogP contribution in [0.3, 0.4) is 0 Å². The van der Waals surface area contributed by atoms with Crippen LogP contribution in [-0.2, 0) is 6.61 Å². The maximum atomic E-state index is 11.1. The predicted molar refractivity (Wildman–Crippen MR) is 78.5 cm³/mol. The van der Waals surface area contributed by atoms with E-state index >= 15 is 0 Å². The highest BCUT2D eigenvalue weighted by Gasteiger charge is 2.16. The Morgan fingerprint density at radius 3 is 2.62 bits per heavy atom. The molecule has 0 aliphatic rings. The van der Waals surface area contributed by atoms with Gasteiger partial charge in [-0.05, 0) is 28.1 Å². The lowest BCUT2D eigenvalue weighted by molar-refractivity contribution is -0.385. The molecule has 6 nitrogen and oxygen atoms in total. The zero-order chi connectivity index (χ0) is 15.4. The molecule has 0 unspecified atom stereocenters. The Kier molecular flexibility index (Phi) is 4.54. The van der Waals surface area contributed by atoms with Crippen LogP contribution >= 0.6 is 15.9 Å². The second kappa shape index (κ2) is 6.36. The molecule has 0 bridgehead atoms. The minimum atomic E-state index is -1.09. The zero-order valence-electron chi connectivity index (χ0n) is 10.7. The van der Waals surface area contributed by atoms with Crippen LogP contribution in [-0.4, -0.2) is 16.0 Å². The summed E-state index contributed by atoms with van der Waals surface area (Å²) in [5.41, 5.74) is 0.533. The van der Waals surface area contributed by atoms with Crippen molar-refractivity contribution in [1.29, 1.82) is 0 Å². The van der Waals surface area contributed by atoms with Gasteiger partial charge in [-0.1, -0.05) is 24.3 Å². The number of benzene rings is 2. The molecule has 1 N–H and O–H groups in total. The van der Waals surface area contributed by atoms with Gasteiger partial charge >= 0.3 is 5.97 Å². The van der Waals surface area contributed by atoms with Crippen molar-refractivity contribution in [2.75, 3.05) is 0 Å². The van der Waals surface area contributed by atoms with Gasteiger partial charge in [-0.15, -0.1) is 0 Å². The van der Waals surface area contributed by atoms with Crippen molar-refractivity contribution >= 4 is 27.6 Å². The number of carboxylic acids is 1. The Bertz CT molecular complexity index is 702. The first-order valence-corrected chi connectivity index (χ1v) is 6.67. The molecule has 0 fully saturated rings. The third-order valence-corrected chi connectivity index (χ3v) is 3.67. The first kappa shape index (κ1) is 15.0. The third-order valence-electron chi connectivity index (χ3n) is 2.76. The van der Waals surface area contributed by atoms with Crippen molar-refractivity contribution in [3.8, 4) is 5.75 Å². The quantitative estimate of drug-likeness (QED) is 0.656. The molecule has 0 aliphatic carbocycles. The molecule has 2 rings (SSSR count). The number of halogens is 1. The van der Waals surface area contributed by atoms with E-state index in [0.29, 0.717) is 10.0 Å². The van der Waals surface area contributed by atoms with Crippen LogP contribution in [0.2, 0.25) is 0 Å². The molecular formula is C14H10BrNO5. The highest BCUT2D eigenvalue weighted by atomic mass is 79.9. The summed E-state index contributed by atoms with van der Waals surface area (Å²) in [5, 5.41) is 19.9. The van der Waals surface area contributed by atoms with E-state index in [4.69, 9.17) is 9.84 Å². The molecule has 0 saturated carbocycles. The Balaban J connectivity index is 2.23. The van der Waals surface area contributed by atoms with Crippen LogP contribution in [0.5, 0.6) is 5.75 Å². The van der Waals surface area contributed by atoms with Crippen molar-refractivity contribution in [2.45, 2.75) is 6.61 Å². The van der Waals surface area contributed by atoms with E-state index in [9.17, 15) is 14.9 Å². The number of nitro benzene ring substituents is 1. The van der Waals surface area contributed by atoms with E-state index < -0.39 is 10.9 Å². The number of aromatic carboxylic acids is 1. The van der Waals surface area contributed by atoms with E-state index in [1.165, 1.54) is 18.2 Å². The van der Waals surface area contributed by atoms with E-state index in [1.807, 2.05) is 0 Å². The molecule has 2 aromatic carbocycles. The van der Waals surface area contributed by atoms with E-state index in [-0.39, 0.29) is 23.6 Å². The minimum absolute atomic E-state index is 0.0204. The molecule has 0 saturated heterocycles. The van der Waals surface area contributed by atoms with Gasteiger partial charge in [0.1, 0.15) is 22.4 Å². The fourth-order valence-electron chi connectivity index (χ4n) is 1.74. The van der Waals surface area contributed by atoms with Gasteiger partial charge in [0.25, 0.3) is 5.69 Å². The van der Waals surface area contributed by atoms with Gasteiger partial charge in [0, 0.05) is 11.6 Å². The first-order valence-electron chi connectivity index (χ1n) is 5.87. The number of rotatable bonds is 5. The van der Waals surface area contributed by atoms with Crippen LogP contribution in [0.1, 0.15) is 15.9 Å². The van der Waals surface area contributed by atoms with Gasteiger partial charge in [0.05, 0.1) is 4.92 Å². The van der Waals surface area contributed by atoms with Crippen molar-refractivity contribution in [3.63, 3.8) is 0 Å². The first-order chi connectivity index (χ1) is 10.0. The van der Waals surface area contributed by atoms with Crippen molar-refractivity contribution in [3.05, 3.63) is 68.2 Å². The van der Waals surface area contributed by atoms with Crippen LogP contribution in [0, 0.1) is 10.1 Å². The lowest BCUT2D eigenvalue weighted by Gasteiger charge is -2.10. The van der Waals surface area contributed by atoms with Gasteiger partial charge in [0.2, 0.25) is 0 Å². The summed E-state index contributed by atoms with van der Waals surface area (Å²) in [4.78, 5) is 21.4. The topological polar surface area (TPSA) is 89.7 Å². The SMILES string of the molecule is O=C(O)c1ccccc1OCc1cccc([N+](=O)[O-])c1Br. The van der Waals surface area contributed by atoms with Crippen molar-refractivity contribution in [1.82, 2.24) is 0 Å². The molecule has 0 atom stereocenters. The molecule has 0 radical (unpaired) electrons. The van der Waals surface area contributed by atoms with Gasteiger partial charge in [-0.2, -0.15) is 0 Å². The predicted octanol–water partition coefficient (Wildman–Crippen LogP) is 3.63. The summed E-state index contributed by atoms with van der Waals surface area (Å²) >= 11 is 3.16. The number of nitrogens with zero attached hydrogens (tertiary/aromatic N) is 1. The smallest absolute Gasteiger partial charge is 0.339 e. The molecule has 7 heteroatoms. The van der Waals surface area contributed by atoms with E-state index in [1.54, 1.807) is 24.3 Å². The highest BCUT2D eigenvalue weighted by molar-refractivity contribution is 9.10. The minimum Gasteiger partial charge on any atom is -0.488 e. The average molecular weight is 352 g/mol. The van der Waals surface area contributed by atoms with E-state index in [2.05, 4.69) is 15.9 Å². The Hall–Kier alpha value is -2.41. The fourth-order valence-corrected chi connectivity index (χ4v) is 2.27. The summed E-state index contributed by atoms with van der Waals surface area (Å²) < 4.78 is 5.79. The molecule has 21 heavy (non-hydrogen) atoms. The number of hydrogen-bond donors (Lipinski definition) is 1. The number of carbonyl (C=O) groups is 1. The fraction of sp³-hybridized carbons (Fsp3) is 0.0714. The normalized spacial score (nSPS) is 10.1. The Labute approximate surface area is 128 Å². The average Bonchev–Trinajstić information content (AvgIpc) is 2.46. The van der Waals surface area contributed by atoms with Gasteiger partial charge in [0.15, 0.2) is 0 Å².